The maximum atomic E-state index is 11.8. The molecule has 126 valence electrons. The van der Waals surface area contributed by atoms with Gasteiger partial charge in [0.05, 0.1) is 13.7 Å². The molecule has 0 saturated carbocycles. The van der Waals surface area contributed by atoms with Gasteiger partial charge in [0.15, 0.2) is 0 Å². The van der Waals surface area contributed by atoms with E-state index in [9.17, 15) is 4.79 Å². The molecule has 4 heteroatoms. The van der Waals surface area contributed by atoms with Crippen LogP contribution in [0, 0.1) is 0 Å². The largest absolute Gasteiger partial charge is 0.497 e. The van der Waals surface area contributed by atoms with Crippen molar-refractivity contribution in [3.8, 4) is 11.5 Å². The van der Waals surface area contributed by atoms with Gasteiger partial charge in [-0.05, 0) is 47.9 Å². The fourth-order valence-corrected chi connectivity index (χ4v) is 2.11. The number of methoxy groups -OCH3 is 1. The lowest BCUT2D eigenvalue weighted by molar-refractivity contribution is -0.116. The van der Waals surface area contributed by atoms with Gasteiger partial charge >= 0.3 is 0 Å². The molecule has 0 radical (unpaired) electrons. The first kappa shape index (κ1) is 17.6. The summed E-state index contributed by atoms with van der Waals surface area (Å²) in [7, 11) is 1.62. The fourth-order valence-electron chi connectivity index (χ4n) is 2.11. The van der Waals surface area contributed by atoms with Gasteiger partial charge in [0.2, 0.25) is 5.91 Å². The molecule has 0 aliphatic carbocycles. The highest BCUT2D eigenvalue weighted by Crippen LogP contribution is 2.13. The van der Waals surface area contributed by atoms with E-state index in [4.69, 9.17) is 9.47 Å². The molecule has 4 nitrogen and oxygen atoms in total. The van der Waals surface area contributed by atoms with Crippen LogP contribution >= 0.6 is 0 Å². The van der Waals surface area contributed by atoms with Crippen molar-refractivity contribution in [3.05, 3.63) is 65.7 Å². The van der Waals surface area contributed by atoms with Crippen molar-refractivity contribution in [1.29, 1.82) is 0 Å². The van der Waals surface area contributed by atoms with Gasteiger partial charge in [-0.3, -0.25) is 4.79 Å². The van der Waals surface area contributed by atoms with Crippen molar-refractivity contribution in [2.45, 2.75) is 13.3 Å². The molecule has 0 unspecified atom stereocenters. The topological polar surface area (TPSA) is 47.6 Å². The number of carbonyl (C=O) groups excluding carboxylic acids is 1. The summed E-state index contributed by atoms with van der Waals surface area (Å²) in [6, 6.07) is 15.5. The molecule has 2 aromatic carbocycles. The molecule has 0 aliphatic rings. The molecule has 0 heterocycles. The Morgan fingerprint density at radius 3 is 2.33 bits per heavy atom. The molecule has 0 atom stereocenters. The van der Waals surface area contributed by atoms with Crippen LogP contribution < -0.4 is 14.8 Å². The Balaban J connectivity index is 1.69. The summed E-state index contributed by atoms with van der Waals surface area (Å²) in [5.41, 5.74) is 2.22. The minimum absolute atomic E-state index is 0.143. The van der Waals surface area contributed by atoms with E-state index in [-0.39, 0.29) is 5.91 Å². The van der Waals surface area contributed by atoms with Gasteiger partial charge in [-0.2, -0.15) is 0 Å². The normalized spacial score (nSPS) is 10.6. The van der Waals surface area contributed by atoms with Crippen LogP contribution in [-0.2, 0) is 11.2 Å². The average molecular weight is 325 g/mol. The zero-order valence-corrected chi connectivity index (χ0v) is 14.1. The SMILES string of the molecule is CCc1ccc(OCCNC(=O)/C=C/c2ccc(OC)cc2)cc1. The van der Waals surface area contributed by atoms with Crippen molar-refractivity contribution >= 4 is 12.0 Å². The van der Waals surface area contributed by atoms with Crippen molar-refractivity contribution in [3.63, 3.8) is 0 Å². The van der Waals surface area contributed by atoms with Gasteiger partial charge in [-0.1, -0.05) is 31.2 Å². The van der Waals surface area contributed by atoms with Crippen LogP contribution in [0.3, 0.4) is 0 Å². The van der Waals surface area contributed by atoms with E-state index < -0.39 is 0 Å². The fraction of sp³-hybridized carbons (Fsp3) is 0.250. The highest BCUT2D eigenvalue weighted by Gasteiger charge is 1.97. The van der Waals surface area contributed by atoms with Gasteiger partial charge in [-0.25, -0.2) is 0 Å². The molecular formula is C20H23NO3. The monoisotopic (exact) mass is 325 g/mol. The Bertz CT molecular complexity index is 660. The van der Waals surface area contributed by atoms with Crippen molar-refractivity contribution in [2.75, 3.05) is 20.3 Å². The highest BCUT2D eigenvalue weighted by atomic mass is 16.5. The van der Waals surface area contributed by atoms with Crippen molar-refractivity contribution in [2.24, 2.45) is 0 Å². The second-order valence-corrected chi connectivity index (χ2v) is 5.24. The summed E-state index contributed by atoms with van der Waals surface area (Å²) in [6.45, 7) is 3.01. The third-order valence-electron chi connectivity index (χ3n) is 3.54. The van der Waals surface area contributed by atoms with Crippen molar-refractivity contribution in [1.82, 2.24) is 5.32 Å². The Labute approximate surface area is 143 Å². The lowest BCUT2D eigenvalue weighted by Crippen LogP contribution is -2.26. The number of rotatable bonds is 8. The van der Waals surface area contributed by atoms with Gasteiger partial charge < -0.3 is 14.8 Å². The first-order chi connectivity index (χ1) is 11.7. The Hall–Kier alpha value is -2.75. The van der Waals surface area contributed by atoms with Crippen LogP contribution in [0.1, 0.15) is 18.1 Å². The molecule has 0 saturated heterocycles. The molecule has 0 fully saturated rings. The van der Waals surface area contributed by atoms with E-state index in [1.54, 1.807) is 13.2 Å². The third kappa shape index (κ3) is 5.80. The van der Waals surface area contributed by atoms with Crippen LogP contribution in [0.5, 0.6) is 11.5 Å². The first-order valence-corrected chi connectivity index (χ1v) is 8.03. The molecule has 2 rings (SSSR count). The van der Waals surface area contributed by atoms with E-state index in [1.807, 2.05) is 48.5 Å². The number of aryl methyl sites for hydroxylation is 1. The Morgan fingerprint density at radius 1 is 1.04 bits per heavy atom. The van der Waals surface area contributed by atoms with Gasteiger partial charge in [0.1, 0.15) is 18.1 Å². The van der Waals surface area contributed by atoms with Crippen LogP contribution in [0.15, 0.2) is 54.6 Å². The van der Waals surface area contributed by atoms with Crippen molar-refractivity contribution < 1.29 is 14.3 Å². The second kappa shape index (κ2) is 9.40. The summed E-state index contributed by atoms with van der Waals surface area (Å²) in [5.74, 6) is 1.46. The molecule has 0 bridgehead atoms. The van der Waals surface area contributed by atoms with Gasteiger partial charge in [0, 0.05) is 6.08 Å². The summed E-state index contributed by atoms with van der Waals surface area (Å²) in [6.07, 6.45) is 4.29. The molecule has 1 N–H and O–H groups in total. The molecule has 24 heavy (non-hydrogen) atoms. The van der Waals surface area contributed by atoms with E-state index in [1.165, 1.54) is 11.6 Å². The first-order valence-electron chi connectivity index (χ1n) is 8.03. The number of nitrogens with one attached hydrogen (secondary N) is 1. The second-order valence-electron chi connectivity index (χ2n) is 5.24. The summed E-state index contributed by atoms with van der Waals surface area (Å²) in [5, 5.41) is 2.79. The molecule has 0 aromatic heterocycles. The smallest absolute Gasteiger partial charge is 0.244 e. The predicted molar refractivity (Wildman–Crippen MR) is 96.4 cm³/mol. The number of amides is 1. The zero-order chi connectivity index (χ0) is 17.2. The van der Waals surface area contributed by atoms with Crippen LogP contribution in [0.25, 0.3) is 6.08 Å². The number of benzene rings is 2. The lowest BCUT2D eigenvalue weighted by atomic mass is 10.2. The molecule has 0 spiro atoms. The number of hydrogen-bond donors (Lipinski definition) is 1. The van der Waals surface area contributed by atoms with E-state index in [2.05, 4.69) is 12.2 Å². The Kier molecular flexibility index (Phi) is 6.90. The van der Waals surface area contributed by atoms with Crippen LogP contribution in [0.4, 0.5) is 0 Å². The molecule has 2 aromatic rings. The average Bonchev–Trinajstić information content (AvgIpc) is 2.64. The van der Waals surface area contributed by atoms with Gasteiger partial charge in [0.25, 0.3) is 0 Å². The summed E-state index contributed by atoms with van der Waals surface area (Å²) >= 11 is 0. The summed E-state index contributed by atoms with van der Waals surface area (Å²) < 4.78 is 10.7. The van der Waals surface area contributed by atoms with E-state index in [0.717, 1.165) is 23.5 Å². The van der Waals surface area contributed by atoms with E-state index in [0.29, 0.717) is 13.2 Å². The van der Waals surface area contributed by atoms with E-state index >= 15 is 0 Å². The highest BCUT2D eigenvalue weighted by molar-refractivity contribution is 5.91. The maximum Gasteiger partial charge on any atom is 0.244 e. The van der Waals surface area contributed by atoms with Crippen LogP contribution in [0.2, 0.25) is 0 Å². The Morgan fingerprint density at radius 2 is 1.71 bits per heavy atom. The summed E-state index contributed by atoms with van der Waals surface area (Å²) in [4.78, 5) is 11.8. The lowest BCUT2D eigenvalue weighted by Gasteiger charge is -2.07. The number of hydrogen-bond acceptors (Lipinski definition) is 3. The zero-order valence-electron chi connectivity index (χ0n) is 14.1. The quantitative estimate of drug-likeness (QED) is 0.597. The minimum Gasteiger partial charge on any atom is -0.497 e. The van der Waals surface area contributed by atoms with Gasteiger partial charge in [-0.15, -0.1) is 0 Å². The minimum atomic E-state index is -0.143. The third-order valence-corrected chi connectivity index (χ3v) is 3.54. The molecule has 0 aliphatic heterocycles. The number of carbonyl (C=O) groups is 1. The molecule has 1 amide bonds. The van der Waals surface area contributed by atoms with Crippen LogP contribution in [-0.4, -0.2) is 26.2 Å². The molecular weight excluding hydrogens is 302 g/mol. The maximum absolute atomic E-state index is 11.8. The number of ether oxygens (including phenoxy) is 2. The standard InChI is InChI=1S/C20H23NO3/c1-3-16-4-11-19(12-5-16)24-15-14-21-20(22)13-8-17-6-9-18(23-2)10-7-17/h4-13H,3,14-15H2,1-2H3,(H,21,22)/b13-8+. The predicted octanol–water partition coefficient (Wildman–Crippen LogP) is 3.47.